The number of rotatable bonds is 6. The van der Waals surface area contributed by atoms with E-state index in [0.717, 1.165) is 24.3 Å². The number of hydrogen-bond acceptors (Lipinski definition) is 4. The van der Waals surface area contributed by atoms with Crippen molar-refractivity contribution in [2.24, 2.45) is 0 Å². The number of aryl methyl sites for hydroxylation is 1. The quantitative estimate of drug-likeness (QED) is 0.801. The number of nitrogens with one attached hydrogen (secondary N) is 2. The molecule has 1 aromatic heterocycles. The first-order chi connectivity index (χ1) is 12.2. The number of pyridine rings is 1. The highest BCUT2D eigenvalue weighted by Gasteiger charge is 2.16. The first-order valence-corrected chi connectivity index (χ1v) is 9.14. The summed E-state index contributed by atoms with van der Waals surface area (Å²) in [5, 5.41) is 6.29. The van der Waals surface area contributed by atoms with Crippen LogP contribution in [-0.4, -0.2) is 29.5 Å². The molecule has 0 bridgehead atoms. The zero-order chi connectivity index (χ0) is 19.3. The van der Waals surface area contributed by atoms with Crippen LogP contribution in [0, 0.1) is 6.92 Å². The van der Waals surface area contributed by atoms with E-state index in [1.165, 1.54) is 5.69 Å². The van der Waals surface area contributed by atoms with E-state index in [1.807, 2.05) is 20.8 Å². The smallest absolute Gasteiger partial charge is 0.251 e. The van der Waals surface area contributed by atoms with Gasteiger partial charge in [0.2, 0.25) is 0 Å². The molecule has 5 heteroatoms. The lowest BCUT2D eigenvalue weighted by atomic mass is 10.1. The molecule has 1 heterocycles. The maximum absolute atomic E-state index is 12.3. The summed E-state index contributed by atoms with van der Waals surface area (Å²) in [5.74, 6) is 0.557. The maximum Gasteiger partial charge on any atom is 0.251 e. The molecule has 0 saturated carbocycles. The van der Waals surface area contributed by atoms with Gasteiger partial charge in [-0.1, -0.05) is 0 Å². The van der Waals surface area contributed by atoms with Crippen molar-refractivity contribution in [1.82, 2.24) is 10.3 Å². The average molecular weight is 354 g/mol. The van der Waals surface area contributed by atoms with Gasteiger partial charge in [0.25, 0.3) is 5.91 Å². The molecule has 5 nitrogen and oxygen atoms in total. The average Bonchev–Trinajstić information content (AvgIpc) is 2.57. The molecule has 0 aliphatic rings. The summed E-state index contributed by atoms with van der Waals surface area (Å²) in [6.45, 7) is 14.2. The Morgan fingerprint density at radius 2 is 1.81 bits per heavy atom. The van der Waals surface area contributed by atoms with Gasteiger partial charge in [-0.05, 0) is 77.4 Å². The first-order valence-electron chi connectivity index (χ1n) is 9.14. The van der Waals surface area contributed by atoms with Crippen molar-refractivity contribution in [3.8, 4) is 0 Å². The van der Waals surface area contributed by atoms with Crippen LogP contribution in [0.3, 0.4) is 0 Å². The first kappa shape index (κ1) is 19.8. The molecule has 0 fully saturated rings. The lowest BCUT2D eigenvalue weighted by Gasteiger charge is -2.22. The molecular formula is C21H30N4O. The van der Waals surface area contributed by atoms with Crippen molar-refractivity contribution < 1.29 is 4.79 Å². The van der Waals surface area contributed by atoms with Crippen molar-refractivity contribution >= 4 is 23.1 Å². The van der Waals surface area contributed by atoms with Gasteiger partial charge >= 0.3 is 0 Å². The van der Waals surface area contributed by atoms with Crippen LogP contribution in [0.1, 0.15) is 50.5 Å². The summed E-state index contributed by atoms with van der Waals surface area (Å²) >= 11 is 0. The molecule has 1 amide bonds. The molecule has 2 N–H and O–H groups in total. The second-order valence-electron chi connectivity index (χ2n) is 7.43. The van der Waals surface area contributed by atoms with E-state index in [0.29, 0.717) is 11.4 Å². The van der Waals surface area contributed by atoms with E-state index < -0.39 is 0 Å². The van der Waals surface area contributed by atoms with Gasteiger partial charge in [0, 0.05) is 41.8 Å². The number of carbonyl (C=O) groups excluding carboxylic acids is 1. The van der Waals surface area contributed by atoms with Gasteiger partial charge in [-0.2, -0.15) is 0 Å². The highest BCUT2D eigenvalue weighted by molar-refractivity contribution is 5.95. The fourth-order valence-electron chi connectivity index (χ4n) is 2.76. The Morgan fingerprint density at radius 3 is 2.38 bits per heavy atom. The third kappa shape index (κ3) is 5.22. The number of carbonyl (C=O) groups is 1. The van der Waals surface area contributed by atoms with Crippen LogP contribution in [0.4, 0.5) is 17.2 Å². The van der Waals surface area contributed by atoms with Crippen LogP contribution in [0.2, 0.25) is 0 Å². The van der Waals surface area contributed by atoms with Crippen molar-refractivity contribution in [1.29, 1.82) is 0 Å². The Labute approximate surface area is 156 Å². The molecule has 0 unspecified atom stereocenters. The van der Waals surface area contributed by atoms with Gasteiger partial charge in [-0.25, -0.2) is 4.98 Å². The molecule has 0 spiro atoms. The largest absolute Gasteiger partial charge is 0.372 e. The molecule has 26 heavy (non-hydrogen) atoms. The second-order valence-corrected chi connectivity index (χ2v) is 7.43. The van der Waals surface area contributed by atoms with Crippen molar-refractivity contribution in [2.75, 3.05) is 23.3 Å². The molecule has 140 valence electrons. The molecule has 1 aromatic carbocycles. The highest BCUT2D eigenvalue weighted by Crippen LogP contribution is 2.25. The van der Waals surface area contributed by atoms with Crippen LogP contribution in [0.25, 0.3) is 0 Å². The maximum atomic E-state index is 12.3. The topological polar surface area (TPSA) is 57.3 Å². The number of nitrogens with zero attached hydrogens (tertiary/aromatic N) is 2. The van der Waals surface area contributed by atoms with Crippen LogP contribution >= 0.6 is 0 Å². The van der Waals surface area contributed by atoms with Gasteiger partial charge < -0.3 is 15.5 Å². The summed E-state index contributed by atoms with van der Waals surface area (Å²) in [4.78, 5) is 19.0. The summed E-state index contributed by atoms with van der Waals surface area (Å²) in [7, 11) is 0. The minimum Gasteiger partial charge on any atom is -0.372 e. The van der Waals surface area contributed by atoms with Crippen LogP contribution in [0.5, 0.6) is 0 Å². The van der Waals surface area contributed by atoms with Gasteiger partial charge in [0.05, 0.1) is 0 Å². The molecule has 0 saturated heterocycles. The Balaban J connectivity index is 2.19. The number of hydrogen-bond donors (Lipinski definition) is 2. The molecule has 0 atom stereocenters. The highest BCUT2D eigenvalue weighted by atomic mass is 16.1. The number of benzene rings is 1. The lowest BCUT2D eigenvalue weighted by Crippen LogP contribution is -2.40. The summed E-state index contributed by atoms with van der Waals surface area (Å²) in [5.41, 5.74) is 3.66. The normalized spacial score (nSPS) is 11.2. The zero-order valence-electron chi connectivity index (χ0n) is 16.7. The monoisotopic (exact) mass is 354 g/mol. The Bertz CT molecular complexity index is 761. The number of amides is 1. The van der Waals surface area contributed by atoms with Crippen LogP contribution < -0.4 is 15.5 Å². The second kappa shape index (κ2) is 8.21. The van der Waals surface area contributed by atoms with Crippen molar-refractivity contribution in [3.63, 3.8) is 0 Å². The molecular weight excluding hydrogens is 324 g/mol. The molecule has 0 aliphatic heterocycles. The van der Waals surface area contributed by atoms with Crippen molar-refractivity contribution in [2.45, 2.75) is 47.1 Å². The Kier molecular flexibility index (Phi) is 6.24. The third-order valence-corrected chi connectivity index (χ3v) is 4.11. The number of anilines is 3. The minimum atomic E-state index is -0.273. The molecule has 2 rings (SSSR count). The van der Waals surface area contributed by atoms with E-state index in [-0.39, 0.29) is 11.4 Å². The summed E-state index contributed by atoms with van der Waals surface area (Å²) in [6.07, 6.45) is 1.65. The standard InChI is InChI=1S/C21H30N4O/c1-7-25(8-2)17-9-10-18(15(3)13-17)23-19-14-16(11-12-22-19)20(26)24-21(4,5)6/h9-14H,7-8H2,1-6H3,(H,22,23)(H,24,26). The van der Waals surface area contributed by atoms with E-state index in [4.69, 9.17) is 0 Å². The number of aromatic nitrogens is 1. The lowest BCUT2D eigenvalue weighted by molar-refractivity contribution is 0.0919. The molecule has 0 radical (unpaired) electrons. The fourth-order valence-corrected chi connectivity index (χ4v) is 2.76. The molecule has 0 aliphatic carbocycles. The predicted octanol–water partition coefficient (Wildman–Crippen LogP) is 4.51. The van der Waals surface area contributed by atoms with Gasteiger partial charge in [-0.15, -0.1) is 0 Å². The van der Waals surface area contributed by atoms with E-state index in [9.17, 15) is 4.79 Å². The van der Waals surface area contributed by atoms with E-state index in [1.54, 1.807) is 18.3 Å². The Morgan fingerprint density at radius 1 is 1.12 bits per heavy atom. The Hall–Kier alpha value is -2.56. The van der Waals surface area contributed by atoms with E-state index in [2.05, 4.69) is 59.5 Å². The summed E-state index contributed by atoms with van der Waals surface area (Å²) < 4.78 is 0. The van der Waals surface area contributed by atoms with Crippen molar-refractivity contribution in [3.05, 3.63) is 47.7 Å². The minimum absolute atomic E-state index is 0.100. The SMILES string of the molecule is CCN(CC)c1ccc(Nc2cc(C(=O)NC(C)(C)C)ccn2)c(C)c1. The summed E-state index contributed by atoms with van der Waals surface area (Å²) in [6, 6.07) is 9.85. The van der Waals surface area contributed by atoms with Gasteiger partial charge in [0.15, 0.2) is 0 Å². The zero-order valence-corrected chi connectivity index (χ0v) is 16.7. The fraction of sp³-hybridized carbons (Fsp3) is 0.429. The third-order valence-electron chi connectivity index (χ3n) is 4.11. The van der Waals surface area contributed by atoms with Crippen LogP contribution in [-0.2, 0) is 0 Å². The van der Waals surface area contributed by atoms with E-state index >= 15 is 0 Å². The van der Waals surface area contributed by atoms with Gasteiger partial charge in [-0.3, -0.25) is 4.79 Å². The van der Waals surface area contributed by atoms with Gasteiger partial charge in [0.1, 0.15) is 5.82 Å². The van der Waals surface area contributed by atoms with Crippen LogP contribution in [0.15, 0.2) is 36.5 Å². The predicted molar refractivity (Wildman–Crippen MR) is 109 cm³/mol. The molecule has 2 aromatic rings.